The van der Waals surface area contributed by atoms with Gasteiger partial charge >= 0.3 is 6.18 Å². The standard InChI is InChI=1S/C24H20F3N3O3/c1-32-19-11-12-21-20(13-19)29-23(24(25,26)27)30(21)18-9-7-17(8-10-18)28-22(31)15-33-14-16-5-3-2-4-6-16/h2-13H,14-15H2,1H3,(H,28,31). The van der Waals surface area contributed by atoms with Crippen molar-refractivity contribution in [2.45, 2.75) is 12.8 Å². The summed E-state index contributed by atoms with van der Waals surface area (Å²) in [4.78, 5) is 15.9. The second-order valence-electron chi connectivity index (χ2n) is 7.20. The molecule has 0 saturated heterocycles. The van der Waals surface area contributed by atoms with Gasteiger partial charge in [-0.25, -0.2) is 4.98 Å². The number of anilines is 1. The minimum Gasteiger partial charge on any atom is -0.497 e. The Bertz CT molecular complexity index is 1250. The molecule has 1 heterocycles. The number of rotatable bonds is 7. The van der Waals surface area contributed by atoms with E-state index in [4.69, 9.17) is 9.47 Å². The lowest BCUT2D eigenvalue weighted by atomic mass is 10.2. The van der Waals surface area contributed by atoms with Crippen LogP contribution in [0.1, 0.15) is 11.4 Å². The van der Waals surface area contributed by atoms with Gasteiger partial charge in [0.25, 0.3) is 0 Å². The maximum Gasteiger partial charge on any atom is 0.450 e. The van der Waals surface area contributed by atoms with Crippen LogP contribution in [0.5, 0.6) is 5.75 Å². The van der Waals surface area contributed by atoms with Crippen LogP contribution in [0.2, 0.25) is 0 Å². The maximum absolute atomic E-state index is 13.7. The van der Waals surface area contributed by atoms with Crippen LogP contribution in [0.15, 0.2) is 72.8 Å². The van der Waals surface area contributed by atoms with E-state index in [0.717, 1.165) is 10.1 Å². The summed E-state index contributed by atoms with van der Waals surface area (Å²) in [6.07, 6.45) is -4.66. The SMILES string of the molecule is COc1ccc2c(c1)nc(C(F)(F)F)n2-c1ccc(NC(=O)COCc2ccccc2)cc1. The van der Waals surface area contributed by atoms with E-state index in [2.05, 4.69) is 10.3 Å². The van der Waals surface area contributed by atoms with E-state index in [1.165, 1.54) is 43.5 Å². The average Bonchev–Trinajstić information content (AvgIpc) is 3.19. The van der Waals surface area contributed by atoms with Gasteiger partial charge in [0.05, 0.1) is 24.8 Å². The van der Waals surface area contributed by atoms with Crippen molar-refractivity contribution in [3.8, 4) is 11.4 Å². The number of amides is 1. The predicted molar refractivity (Wildman–Crippen MR) is 117 cm³/mol. The molecule has 0 saturated carbocycles. The number of nitrogens with zero attached hydrogens (tertiary/aromatic N) is 2. The Kier molecular flexibility index (Phi) is 6.32. The van der Waals surface area contributed by atoms with E-state index >= 15 is 0 Å². The number of nitrogens with one attached hydrogen (secondary N) is 1. The van der Waals surface area contributed by atoms with Gasteiger partial charge in [0.1, 0.15) is 12.4 Å². The maximum atomic E-state index is 13.7. The average molecular weight is 455 g/mol. The fourth-order valence-electron chi connectivity index (χ4n) is 3.37. The fraction of sp³-hybridized carbons (Fsp3) is 0.167. The molecule has 4 rings (SSSR count). The minimum atomic E-state index is -4.66. The summed E-state index contributed by atoms with van der Waals surface area (Å²) in [5, 5.41) is 2.67. The second kappa shape index (κ2) is 9.33. The number of carbonyl (C=O) groups is 1. The van der Waals surface area contributed by atoms with E-state index in [-0.39, 0.29) is 29.2 Å². The van der Waals surface area contributed by atoms with Crippen LogP contribution in [0.25, 0.3) is 16.7 Å². The molecule has 9 heteroatoms. The Morgan fingerprint density at radius 3 is 2.42 bits per heavy atom. The van der Waals surface area contributed by atoms with Crippen LogP contribution in [0.3, 0.4) is 0 Å². The number of halogens is 3. The lowest BCUT2D eigenvalue weighted by molar-refractivity contribution is -0.145. The first-order valence-corrected chi connectivity index (χ1v) is 10.0. The van der Waals surface area contributed by atoms with Gasteiger partial charge in [0, 0.05) is 17.4 Å². The van der Waals surface area contributed by atoms with E-state index < -0.39 is 12.0 Å². The molecule has 33 heavy (non-hydrogen) atoms. The van der Waals surface area contributed by atoms with Gasteiger partial charge in [-0.15, -0.1) is 0 Å². The number of hydrogen-bond acceptors (Lipinski definition) is 4. The Morgan fingerprint density at radius 2 is 1.76 bits per heavy atom. The Morgan fingerprint density at radius 1 is 1.03 bits per heavy atom. The molecule has 1 N–H and O–H groups in total. The quantitative estimate of drug-likeness (QED) is 0.416. The summed E-state index contributed by atoms with van der Waals surface area (Å²) in [5.41, 5.74) is 2.09. The van der Waals surface area contributed by atoms with Gasteiger partial charge in [-0.1, -0.05) is 30.3 Å². The zero-order valence-corrected chi connectivity index (χ0v) is 17.6. The number of aromatic nitrogens is 2. The Labute approximate surface area is 187 Å². The summed E-state index contributed by atoms with van der Waals surface area (Å²) in [5.74, 6) is -1.000. The number of alkyl halides is 3. The molecule has 0 fully saturated rings. The molecule has 170 valence electrons. The largest absolute Gasteiger partial charge is 0.497 e. The molecular formula is C24H20F3N3O3. The lowest BCUT2D eigenvalue weighted by Gasteiger charge is -2.13. The first-order valence-electron chi connectivity index (χ1n) is 10.0. The van der Waals surface area contributed by atoms with Crippen LogP contribution in [0.4, 0.5) is 18.9 Å². The third-order valence-corrected chi connectivity index (χ3v) is 4.87. The normalized spacial score (nSPS) is 11.5. The summed E-state index contributed by atoms with van der Waals surface area (Å²) >= 11 is 0. The first-order chi connectivity index (χ1) is 15.8. The Hall–Kier alpha value is -3.85. The highest BCUT2D eigenvalue weighted by Crippen LogP contribution is 2.35. The number of imidazole rings is 1. The van der Waals surface area contributed by atoms with Crippen molar-refractivity contribution in [1.29, 1.82) is 0 Å². The number of fused-ring (bicyclic) bond motifs is 1. The third-order valence-electron chi connectivity index (χ3n) is 4.87. The van der Waals surface area contributed by atoms with Crippen molar-refractivity contribution in [3.05, 3.63) is 84.2 Å². The molecule has 0 aliphatic carbocycles. The molecule has 0 spiro atoms. The molecule has 0 bridgehead atoms. The van der Waals surface area contributed by atoms with Crippen molar-refractivity contribution in [2.24, 2.45) is 0 Å². The molecule has 4 aromatic rings. The molecule has 6 nitrogen and oxygen atoms in total. The van der Waals surface area contributed by atoms with Gasteiger partial charge in [0.2, 0.25) is 11.7 Å². The monoisotopic (exact) mass is 455 g/mol. The first kappa shape index (κ1) is 22.3. The van der Waals surface area contributed by atoms with Gasteiger partial charge in [-0.05, 0) is 42.0 Å². The highest BCUT2D eigenvalue weighted by atomic mass is 19.4. The summed E-state index contributed by atoms with van der Waals surface area (Å²) in [6.45, 7) is 0.148. The molecule has 1 aromatic heterocycles. The highest BCUT2D eigenvalue weighted by Gasteiger charge is 2.38. The van der Waals surface area contributed by atoms with Crippen LogP contribution in [-0.4, -0.2) is 29.2 Å². The number of ether oxygens (including phenoxy) is 2. The van der Waals surface area contributed by atoms with Crippen LogP contribution in [-0.2, 0) is 22.3 Å². The molecule has 0 atom stereocenters. The second-order valence-corrected chi connectivity index (χ2v) is 7.20. The Balaban J connectivity index is 1.50. The van der Waals surface area contributed by atoms with E-state index in [0.29, 0.717) is 18.0 Å². The third kappa shape index (κ3) is 5.15. The lowest BCUT2D eigenvalue weighted by Crippen LogP contribution is -2.18. The fourth-order valence-corrected chi connectivity index (χ4v) is 3.37. The van der Waals surface area contributed by atoms with E-state index in [9.17, 15) is 18.0 Å². The van der Waals surface area contributed by atoms with Gasteiger partial charge < -0.3 is 14.8 Å². The minimum absolute atomic E-state index is 0.150. The number of methoxy groups -OCH3 is 1. The molecule has 1 amide bonds. The van der Waals surface area contributed by atoms with Crippen molar-refractivity contribution in [2.75, 3.05) is 19.0 Å². The summed E-state index contributed by atoms with van der Waals surface area (Å²) in [6, 6.07) is 20.0. The van der Waals surface area contributed by atoms with Gasteiger partial charge in [0.15, 0.2) is 0 Å². The molecule has 0 unspecified atom stereocenters. The van der Waals surface area contributed by atoms with Crippen LogP contribution >= 0.6 is 0 Å². The molecule has 0 radical (unpaired) electrons. The van der Waals surface area contributed by atoms with Crippen LogP contribution < -0.4 is 10.1 Å². The zero-order chi connectivity index (χ0) is 23.4. The number of carbonyl (C=O) groups excluding carboxylic acids is 1. The van der Waals surface area contributed by atoms with Crippen molar-refractivity contribution in [1.82, 2.24) is 9.55 Å². The molecule has 0 aliphatic heterocycles. The van der Waals surface area contributed by atoms with Gasteiger partial charge in [-0.2, -0.15) is 13.2 Å². The summed E-state index contributed by atoms with van der Waals surface area (Å²) in [7, 11) is 1.43. The van der Waals surface area contributed by atoms with Crippen molar-refractivity contribution >= 4 is 22.6 Å². The summed E-state index contributed by atoms with van der Waals surface area (Å²) < 4.78 is 52.5. The number of hydrogen-bond donors (Lipinski definition) is 1. The van der Waals surface area contributed by atoms with Gasteiger partial charge in [-0.3, -0.25) is 9.36 Å². The van der Waals surface area contributed by atoms with E-state index in [1.807, 2.05) is 30.3 Å². The number of benzene rings is 3. The molecular weight excluding hydrogens is 435 g/mol. The van der Waals surface area contributed by atoms with Crippen molar-refractivity contribution < 1.29 is 27.4 Å². The van der Waals surface area contributed by atoms with Crippen LogP contribution in [0, 0.1) is 0 Å². The topological polar surface area (TPSA) is 65.4 Å². The van der Waals surface area contributed by atoms with Crippen molar-refractivity contribution in [3.63, 3.8) is 0 Å². The highest BCUT2D eigenvalue weighted by molar-refractivity contribution is 5.91. The predicted octanol–water partition coefficient (Wildman–Crippen LogP) is 5.21. The molecule has 3 aromatic carbocycles. The molecule has 0 aliphatic rings. The zero-order valence-electron chi connectivity index (χ0n) is 17.6. The van der Waals surface area contributed by atoms with E-state index in [1.54, 1.807) is 6.07 Å². The smallest absolute Gasteiger partial charge is 0.450 e.